The number of amides is 1. The maximum absolute atomic E-state index is 12.5. The van der Waals surface area contributed by atoms with E-state index in [-0.39, 0.29) is 29.4 Å². The van der Waals surface area contributed by atoms with Crippen molar-refractivity contribution in [3.05, 3.63) is 54.1 Å². The van der Waals surface area contributed by atoms with Gasteiger partial charge in [-0.2, -0.15) is 18.0 Å². The summed E-state index contributed by atoms with van der Waals surface area (Å²) < 4.78 is 42.6. The Morgan fingerprint density at radius 3 is 2.45 bits per heavy atom. The van der Waals surface area contributed by atoms with Crippen molar-refractivity contribution in [2.45, 2.75) is 12.7 Å². The third-order valence-corrected chi connectivity index (χ3v) is 3.82. The molecule has 150 valence electrons. The van der Waals surface area contributed by atoms with Crippen LogP contribution in [-0.4, -0.2) is 45.2 Å². The van der Waals surface area contributed by atoms with E-state index in [2.05, 4.69) is 15.4 Å². The van der Waals surface area contributed by atoms with Crippen LogP contribution in [0.25, 0.3) is 11.4 Å². The van der Waals surface area contributed by atoms with Gasteiger partial charge in [0.25, 0.3) is 0 Å². The van der Waals surface area contributed by atoms with Crippen LogP contribution >= 0.6 is 0 Å². The van der Waals surface area contributed by atoms with E-state index in [9.17, 15) is 22.8 Å². The zero-order chi connectivity index (χ0) is 21.0. The molecule has 0 aliphatic carbocycles. The Labute approximate surface area is 162 Å². The first-order valence-corrected chi connectivity index (χ1v) is 8.20. The van der Waals surface area contributed by atoms with Gasteiger partial charge >= 0.3 is 12.1 Å². The molecule has 1 amide bonds. The third-order valence-electron chi connectivity index (χ3n) is 3.82. The molecule has 0 unspecified atom stereocenters. The Morgan fingerprint density at radius 1 is 1.10 bits per heavy atom. The first-order valence-electron chi connectivity index (χ1n) is 8.20. The van der Waals surface area contributed by atoms with E-state index in [0.717, 1.165) is 4.80 Å². The van der Waals surface area contributed by atoms with E-state index in [1.807, 2.05) is 0 Å². The fourth-order valence-electron chi connectivity index (χ4n) is 2.39. The number of carbonyl (C=O) groups is 2. The minimum atomic E-state index is -5.04. The summed E-state index contributed by atoms with van der Waals surface area (Å²) in [5.74, 6) is -1.85. The molecule has 0 aliphatic rings. The molecule has 29 heavy (non-hydrogen) atoms. The van der Waals surface area contributed by atoms with Crippen LogP contribution in [0.2, 0.25) is 0 Å². The second-order valence-electron chi connectivity index (χ2n) is 5.79. The fraction of sp³-hybridized carbons (Fsp3) is 0.167. The average molecular weight is 405 g/mol. The standard InChI is InChI=1S/C18H14F3N5O3/c1-29-12-8-6-11(7-9-12)15(27)10-26-24-16(23-25-26)13-4-2-3-5-14(13)22-17(28)18(19,20)21/h2-9H,10H2,1H3,(H,22,28). The molecule has 1 N–H and O–H groups in total. The van der Waals surface area contributed by atoms with Crippen LogP contribution in [0.5, 0.6) is 5.75 Å². The summed E-state index contributed by atoms with van der Waals surface area (Å²) in [5.41, 5.74) is 0.409. The normalized spacial score (nSPS) is 11.2. The summed E-state index contributed by atoms with van der Waals surface area (Å²) in [6, 6.07) is 12.1. The molecule has 1 heterocycles. The molecule has 3 aromatic rings. The molecule has 8 nitrogen and oxygen atoms in total. The third kappa shape index (κ3) is 4.75. The molecule has 0 radical (unpaired) electrons. The van der Waals surface area contributed by atoms with Crippen LogP contribution in [0.3, 0.4) is 0 Å². The van der Waals surface area contributed by atoms with Gasteiger partial charge in [-0.3, -0.25) is 9.59 Å². The lowest BCUT2D eigenvalue weighted by molar-refractivity contribution is -0.167. The number of carbonyl (C=O) groups excluding carboxylic acids is 2. The number of ether oxygens (including phenoxy) is 1. The highest BCUT2D eigenvalue weighted by molar-refractivity contribution is 5.98. The predicted molar refractivity (Wildman–Crippen MR) is 95.3 cm³/mol. The first kappa shape index (κ1) is 20.0. The van der Waals surface area contributed by atoms with Crippen molar-refractivity contribution in [2.24, 2.45) is 0 Å². The number of rotatable bonds is 6. The number of tetrazole rings is 1. The molecule has 2 aromatic carbocycles. The van der Waals surface area contributed by atoms with Crippen LogP contribution in [-0.2, 0) is 11.3 Å². The smallest absolute Gasteiger partial charge is 0.471 e. The molecule has 0 bridgehead atoms. The van der Waals surface area contributed by atoms with Crippen molar-refractivity contribution in [3.8, 4) is 17.1 Å². The number of halogens is 3. The zero-order valence-corrected chi connectivity index (χ0v) is 15.0. The quantitative estimate of drug-likeness (QED) is 0.633. The van der Waals surface area contributed by atoms with Gasteiger partial charge in [0.05, 0.1) is 12.8 Å². The van der Waals surface area contributed by atoms with Crippen molar-refractivity contribution in [1.29, 1.82) is 0 Å². The molecule has 0 saturated heterocycles. The second-order valence-corrected chi connectivity index (χ2v) is 5.79. The largest absolute Gasteiger partial charge is 0.497 e. The number of methoxy groups -OCH3 is 1. The minimum absolute atomic E-state index is 0.0365. The average Bonchev–Trinajstić information content (AvgIpc) is 3.16. The SMILES string of the molecule is COc1ccc(C(=O)Cn2nnc(-c3ccccc3NC(=O)C(F)(F)F)n2)cc1. The molecule has 3 rings (SSSR count). The van der Waals surface area contributed by atoms with Crippen molar-refractivity contribution < 1.29 is 27.5 Å². The van der Waals surface area contributed by atoms with Gasteiger partial charge in [0, 0.05) is 11.1 Å². The number of nitrogens with zero attached hydrogens (tertiary/aromatic N) is 4. The molecule has 0 saturated carbocycles. The Hall–Kier alpha value is -3.76. The Bertz CT molecular complexity index is 1030. The maximum Gasteiger partial charge on any atom is 0.471 e. The zero-order valence-electron chi connectivity index (χ0n) is 15.0. The highest BCUT2D eigenvalue weighted by Gasteiger charge is 2.39. The highest BCUT2D eigenvalue weighted by atomic mass is 19.4. The van der Waals surface area contributed by atoms with Gasteiger partial charge in [-0.1, -0.05) is 12.1 Å². The van der Waals surface area contributed by atoms with Gasteiger partial charge in [-0.25, -0.2) is 0 Å². The van der Waals surface area contributed by atoms with Crippen LogP contribution < -0.4 is 10.1 Å². The van der Waals surface area contributed by atoms with Crippen molar-refractivity contribution >= 4 is 17.4 Å². The number of hydrogen-bond donors (Lipinski definition) is 1. The fourth-order valence-corrected chi connectivity index (χ4v) is 2.39. The number of aromatic nitrogens is 4. The number of Topliss-reactive ketones (excluding diaryl/α,β-unsaturated/α-hetero) is 1. The number of hydrogen-bond acceptors (Lipinski definition) is 6. The molecule has 0 spiro atoms. The molecular formula is C18H14F3N5O3. The molecular weight excluding hydrogens is 391 g/mol. The van der Waals surface area contributed by atoms with Crippen molar-refractivity contribution in [1.82, 2.24) is 20.2 Å². The predicted octanol–water partition coefficient (Wildman–Crippen LogP) is 2.73. The van der Waals surface area contributed by atoms with Gasteiger partial charge in [0.2, 0.25) is 5.82 Å². The molecule has 1 aromatic heterocycles. The Balaban J connectivity index is 1.78. The van der Waals surface area contributed by atoms with Gasteiger partial charge < -0.3 is 10.1 Å². The summed E-state index contributed by atoms with van der Waals surface area (Å²) >= 11 is 0. The summed E-state index contributed by atoms with van der Waals surface area (Å²) in [4.78, 5) is 24.6. The van der Waals surface area contributed by atoms with Gasteiger partial charge in [-0.05, 0) is 41.6 Å². The van der Waals surface area contributed by atoms with Gasteiger partial charge in [-0.15, -0.1) is 10.2 Å². The van der Waals surface area contributed by atoms with E-state index in [4.69, 9.17) is 4.74 Å². The number of nitrogens with one attached hydrogen (secondary N) is 1. The van der Waals surface area contributed by atoms with E-state index < -0.39 is 12.1 Å². The van der Waals surface area contributed by atoms with Crippen molar-refractivity contribution in [2.75, 3.05) is 12.4 Å². The topological polar surface area (TPSA) is 99.0 Å². The minimum Gasteiger partial charge on any atom is -0.497 e. The van der Waals surface area contributed by atoms with Crippen molar-refractivity contribution in [3.63, 3.8) is 0 Å². The van der Waals surface area contributed by atoms with Gasteiger partial charge in [0.1, 0.15) is 12.3 Å². The molecule has 0 atom stereocenters. The monoisotopic (exact) mass is 405 g/mol. The number of para-hydroxylation sites is 1. The van der Waals surface area contributed by atoms with E-state index >= 15 is 0 Å². The lowest BCUT2D eigenvalue weighted by atomic mass is 10.1. The van der Waals surface area contributed by atoms with E-state index in [1.54, 1.807) is 35.6 Å². The van der Waals surface area contributed by atoms with Crippen LogP contribution in [0, 0.1) is 0 Å². The second kappa shape index (κ2) is 8.09. The van der Waals surface area contributed by atoms with Crippen LogP contribution in [0.15, 0.2) is 48.5 Å². The van der Waals surface area contributed by atoms with Crippen LogP contribution in [0.4, 0.5) is 18.9 Å². The summed E-state index contributed by atoms with van der Waals surface area (Å²) in [5, 5.41) is 13.3. The molecule has 0 fully saturated rings. The number of benzene rings is 2. The summed E-state index contributed by atoms with van der Waals surface area (Å²) in [6.45, 7) is -0.226. The van der Waals surface area contributed by atoms with Crippen LogP contribution in [0.1, 0.15) is 10.4 Å². The molecule has 11 heteroatoms. The number of anilines is 1. The Morgan fingerprint density at radius 2 is 1.79 bits per heavy atom. The van der Waals surface area contributed by atoms with Gasteiger partial charge in [0.15, 0.2) is 5.78 Å². The highest BCUT2D eigenvalue weighted by Crippen LogP contribution is 2.26. The maximum atomic E-state index is 12.5. The molecule has 0 aliphatic heterocycles. The lowest BCUT2D eigenvalue weighted by Crippen LogP contribution is -2.30. The number of ketones is 1. The summed E-state index contributed by atoms with van der Waals surface area (Å²) in [6.07, 6.45) is -5.04. The summed E-state index contributed by atoms with van der Waals surface area (Å²) in [7, 11) is 1.51. The number of alkyl halides is 3. The van der Waals surface area contributed by atoms with E-state index in [0.29, 0.717) is 11.3 Å². The first-order chi connectivity index (χ1) is 13.8. The van der Waals surface area contributed by atoms with E-state index in [1.165, 1.54) is 25.3 Å². The lowest BCUT2D eigenvalue weighted by Gasteiger charge is -2.10. The Kier molecular flexibility index (Phi) is 5.57.